The summed E-state index contributed by atoms with van der Waals surface area (Å²) in [5, 5.41) is 7.97. The second kappa shape index (κ2) is 7.65. The fourth-order valence-electron chi connectivity index (χ4n) is 3.31. The van der Waals surface area contributed by atoms with E-state index >= 15 is 0 Å². The summed E-state index contributed by atoms with van der Waals surface area (Å²) in [5.74, 6) is 1.91. The molecule has 3 aromatic rings. The molecular weight excluding hydrogens is 328 g/mol. The molecule has 0 bridgehead atoms. The Balaban J connectivity index is 1.38. The smallest absolute Gasteiger partial charge is 0.144 e. The first-order valence-electron chi connectivity index (χ1n) is 9.09. The van der Waals surface area contributed by atoms with Gasteiger partial charge in [-0.15, -0.1) is 0 Å². The fourth-order valence-corrected chi connectivity index (χ4v) is 3.31. The molecule has 8 heteroatoms. The van der Waals surface area contributed by atoms with Crippen molar-refractivity contribution in [1.29, 1.82) is 0 Å². The van der Waals surface area contributed by atoms with Gasteiger partial charge in [0.15, 0.2) is 0 Å². The number of hydrogen-bond acceptors (Lipinski definition) is 6. The number of hydrogen-bond donors (Lipinski definition) is 1. The van der Waals surface area contributed by atoms with Crippen LogP contribution in [0.4, 0.5) is 5.82 Å². The zero-order valence-electron chi connectivity index (χ0n) is 15.0. The maximum Gasteiger partial charge on any atom is 0.144 e. The predicted octanol–water partition coefficient (Wildman–Crippen LogP) is 1.91. The van der Waals surface area contributed by atoms with E-state index in [0.717, 1.165) is 56.5 Å². The van der Waals surface area contributed by atoms with Gasteiger partial charge in [0.25, 0.3) is 0 Å². The first kappa shape index (κ1) is 16.7. The van der Waals surface area contributed by atoms with Gasteiger partial charge in [-0.1, -0.05) is 6.92 Å². The second-order valence-corrected chi connectivity index (χ2v) is 6.54. The van der Waals surface area contributed by atoms with Crippen LogP contribution in [0.15, 0.2) is 37.1 Å². The first-order chi connectivity index (χ1) is 12.8. The lowest BCUT2D eigenvalue weighted by Crippen LogP contribution is -2.34. The van der Waals surface area contributed by atoms with E-state index in [4.69, 9.17) is 5.10 Å². The predicted molar refractivity (Wildman–Crippen MR) is 98.2 cm³/mol. The highest BCUT2D eigenvalue weighted by molar-refractivity contribution is 5.31. The standard InChI is InChI=1S/C18H24N8/c1-2-6-25-7-5-21-18(25)14-24-8-9-26-16(13-24)10-15(23-26)11-22-17-12-19-3-4-20-17/h3-5,7,10,12H,2,6,8-9,11,13-14H2,1H3,(H,20,22). The average molecular weight is 352 g/mol. The summed E-state index contributed by atoms with van der Waals surface area (Å²) in [6, 6.07) is 2.17. The van der Waals surface area contributed by atoms with Gasteiger partial charge in [0.2, 0.25) is 0 Å². The van der Waals surface area contributed by atoms with Gasteiger partial charge in [0.1, 0.15) is 11.6 Å². The Morgan fingerprint density at radius 2 is 2.12 bits per heavy atom. The van der Waals surface area contributed by atoms with E-state index in [2.05, 4.69) is 53.6 Å². The molecule has 0 amide bonds. The number of rotatable bonds is 7. The number of aryl methyl sites for hydroxylation is 1. The maximum absolute atomic E-state index is 4.70. The molecule has 1 N–H and O–H groups in total. The van der Waals surface area contributed by atoms with E-state index < -0.39 is 0 Å². The van der Waals surface area contributed by atoms with Crippen molar-refractivity contribution in [2.45, 2.75) is 46.1 Å². The van der Waals surface area contributed by atoms with Crippen LogP contribution >= 0.6 is 0 Å². The number of aromatic nitrogens is 6. The molecule has 0 aromatic carbocycles. The molecule has 136 valence electrons. The van der Waals surface area contributed by atoms with Gasteiger partial charge in [-0.05, 0) is 12.5 Å². The summed E-state index contributed by atoms with van der Waals surface area (Å²) in [5.41, 5.74) is 2.28. The molecule has 0 saturated heterocycles. The monoisotopic (exact) mass is 352 g/mol. The van der Waals surface area contributed by atoms with Gasteiger partial charge in [0.05, 0.1) is 37.2 Å². The van der Waals surface area contributed by atoms with Gasteiger partial charge in [-0.3, -0.25) is 14.6 Å². The topological polar surface area (TPSA) is 76.7 Å². The van der Waals surface area contributed by atoms with Crippen molar-refractivity contribution >= 4 is 5.82 Å². The summed E-state index contributed by atoms with van der Waals surface area (Å²) < 4.78 is 4.37. The van der Waals surface area contributed by atoms with Crippen LogP contribution in [0.1, 0.15) is 30.6 Å². The van der Waals surface area contributed by atoms with Gasteiger partial charge in [0, 0.05) is 44.4 Å². The highest BCUT2D eigenvalue weighted by Gasteiger charge is 2.19. The largest absolute Gasteiger partial charge is 0.363 e. The van der Waals surface area contributed by atoms with Crippen LogP contribution in [0.2, 0.25) is 0 Å². The van der Waals surface area contributed by atoms with Crippen molar-refractivity contribution in [1.82, 2.24) is 34.2 Å². The van der Waals surface area contributed by atoms with E-state index in [9.17, 15) is 0 Å². The molecule has 26 heavy (non-hydrogen) atoms. The molecule has 3 aromatic heterocycles. The minimum absolute atomic E-state index is 0.652. The van der Waals surface area contributed by atoms with E-state index in [1.54, 1.807) is 18.6 Å². The van der Waals surface area contributed by atoms with Gasteiger partial charge >= 0.3 is 0 Å². The highest BCUT2D eigenvalue weighted by Crippen LogP contribution is 2.16. The minimum Gasteiger partial charge on any atom is -0.363 e. The molecule has 0 aliphatic carbocycles. The number of imidazole rings is 1. The number of nitrogens with zero attached hydrogens (tertiary/aromatic N) is 7. The van der Waals surface area contributed by atoms with Crippen molar-refractivity contribution in [3.05, 3.63) is 54.3 Å². The molecular formula is C18H24N8. The van der Waals surface area contributed by atoms with E-state index in [0.29, 0.717) is 6.54 Å². The average Bonchev–Trinajstić information content (AvgIpc) is 3.27. The quantitative estimate of drug-likeness (QED) is 0.700. The Morgan fingerprint density at radius 1 is 1.15 bits per heavy atom. The van der Waals surface area contributed by atoms with Gasteiger partial charge in [-0.2, -0.15) is 5.10 Å². The summed E-state index contributed by atoms with van der Waals surface area (Å²) in [4.78, 5) is 15.3. The zero-order valence-corrected chi connectivity index (χ0v) is 15.0. The summed E-state index contributed by atoms with van der Waals surface area (Å²) in [6.45, 7) is 7.56. The van der Waals surface area contributed by atoms with Crippen molar-refractivity contribution < 1.29 is 0 Å². The van der Waals surface area contributed by atoms with Crippen molar-refractivity contribution in [2.24, 2.45) is 0 Å². The van der Waals surface area contributed by atoms with Crippen molar-refractivity contribution in [3.8, 4) is 0 Å². The molecule has 0 atom stereocenters. The van der Waals surface area contributed by atoms with Crippen LogP contribution in [-0.2, 0) is 32.7 Å². The van der Waals surface area contributed by atoms with E-state index in [-0.39, 0.29) is 0 Å². The van der Waals surface area contributed by atoms with Crippen LogP contribution in [0.3, 0.4) is 0 Å². The SMILES string of the molecule is CCCn1ccnc1CN1CCn2nc(CNc3cnccn3)cc2C1. The highest BCUT2D eigenvalue weighted by atomic mass is 15.3. The molecule has 0 saturated carbocycles. The Kier molecular flexibility index (Phi) is 4.92. The van der Waals surface area contributed by atoms with Gasteiger partial charge < -0.3 is 9.88 Å². The number of nitrogens with one attached hydrogen (secondary N) is 1. The zero-order chi connectivity index (χ0) is 17.8. The normalized spacial score (nSPS) is 14.3. The molecule has 0 spiro atoms. The summed E-state index contributed by atoms with van der Waals surface area (Å²) in [6.07, 6.45) is 10.2. The summed E-state index contributed by atoms with van der Waals surface area (Å²) in [7, 11) is 0. The molecule has 1 aliphatic rings. The molecule has 4 heterocycles. The van der Waals surface area contributed by atoms with E-state index in [1.807, 2.05) is 6.20 Å². The molecule has 1 aliphatic heterocycles. The van der Waals surface area contributed by atoms with Crippen molar-refractivity contribution in [2.75, 3.05) is 11.9 Å². The number of fused-ring (bicyclic) bond motifs is 1. The third kappa shape index (κ3) is 3.75. The van der Waals surface area contributed by atoms with Crippen molar-refractivity contribution in [3.63, 3.8) is 0 Å². The van der Waals surface area contributed by atoms with Crippen LogP contribution in [0.5, 0.6) is 0 Å². The van der Waals surface area contributed by atoms with Crippen LogP contribution in [-0.4, -0.2) is 40.7 Å². The minimum atomic E-state index is 0.652. The lowest BCUT2D eigenvalue weighted by atomic mass is 10.2. The first-order valence-corrected chi connectivity index (χ1v) is 9.09. The Bertz CT molecular complexity index is 838. The summed E-state index contributed by atoms with van der Waals surface area (Å²) >= 11 is 0. The van der Waals surface area contributed by atoms with Crippen LogP contribution in [0, 0.1) is 0 Å². The number of anilines is 1. The van der Waals surface area contributed by atoms with Gasteiger partial charge in [-0.25, -0.2) is 9.97 Å². The Morgan fingerprint density at radius 3 is 2.96 bits per heavy atom. The fraction of sp³-hybridized carbons (Fsp3) is 0.444. The molecule has 4 rings (SSSR count). The van der Waals surface area contributed by atoms with Crippen LogP contribution < -0.4 is 5.32 Å². The maximum atomic E-state index is 4.70. The lowest BCUT2D eigenvalue weighted by Gasteiger charge is -2.27. The third-order valence-corrected chi connectivity index (χ3v) is 4.57. The Labute approximate surface area is 152 Å². The molecule has 0 fully saturated rings. The van der Waals surface area contributed by atoms with Crippen LogP contribution in [0.25, 0.3) is 0 Å². The third-order valence-electron chi connectivity index (χ3n) is 4.57. The second-order valence-electron chi connectivity index (χ2n) is 6.54. The lowest BCUT2D eigenvalue weighted by molar-refractivity contribution is 0.198. The molecule has 0 radical (unpaired) electrons. The molecule has 0 unspecified atom stereocenters. The Hall–Kier alpha value is -2.74. The molecule has 8 nitrogen and oxygen atoms in total. The van der Waals surface area contributed by atoms with E-state index in [1.165, 1.54) is 5.69 Å².